The van der Waals surface area contributed by atoms with Gasteiger partial charge in [0.25, 0.3) is 5.91 Å². The van der Waals surface area contributed by atoms with Gasteiger partial charge in [0.2, 0.25) is 5.91 Å². The smallest absolute Gasteiger partial charge is 0.251 e. The van der Waals surface area contributed by atoms with Crippen LogP contribution in [0, 0.1) is 0 Å². The number of nitrogens with zero attached hydrogens (tertiary/aromatic N) is 2. The molecule has 6 rings (SSSR count). The van der Waals surface area contributed by atoms with Crippen LogP contribution < -0.4 is 10.1 Å². The van der Waals surface area contributed by atoms with Gasteiger partial charge in [0.15, 0.2) is 5.54 Å². The minimum atomic E-state index is -1.29. The summed E-state index contributed by atoms with van der Waals surface area (Å²) < 4.78 is 4.77. The Morgan fingerprint density at radius 3 is 2.54 bits per heavy atom. The fraction of sp³-hybridized carbons (Fsp3) is 0.250. The van der Waals surface area contributed by atoms with E-state index in [9.17, 15) is 9.59 Å². The Hall–Kier alpha value is -2.91. The summed E-state index contributed by atoms with van der Waals surface area (Å²) in [7, 11) is 3.50. The van der Waals surface area contributed by atoms with Crippen LogP contribution in [0.25, 0.3) is 0 Å². The number of thiocarbonyl (C=S) groups is 1. The Kier molecular flexibility index (Phi) is 5.84. The number of fused-ring (bicyclic) bond motifs is 3. The molecule has 2 fully saturated rings. The number of likely N-dealkylation sites (tertiary alicyclic amines) is 1. The number of carbonyl (C=O) groups is 2. The van der Waals surface area contributed by atoms with Gasteiger partial charge in [0.05, 0.1) is 13.7 Å². The van der Waals surface area contributed by atoms with Crippen LogP contribution in [0.1, 0.15) is 22.6 Å². The zero-order valence-corrected chi connectivity index (χ0v) is 22.6. The van der Waals surface area contributed by atoms with Crippen LogP contribution >= 0.6 is 35.6 Å². The van der Waals surface area contributed by atoms with Crippen molar-refractivity contribution in [2.24, 2.45) is 0 Å². The first-order valence-electron chi connectivity index (χ1n) is 11.9. The third-order valence-electron chi connectivity index (χ3n) is 7.74. The first-order valence-corrected chi connectivity index (χ1v) is 13.5. The summed E-state index contributed by atoms with van der Waals surface area (Å²) in [6.45, 7) is 0.819. The van der Waals surface area contributed by atoms with E-state index in [0.717, 1.165) is 16.7 Å². The molecule has 0 aromatic heterocycles. The average Bonchev–Trinajstić information content (AvgIpc) is 3.44. The van der Waals surface area contributed by atoms with Gasteiger partial charge in [-0.2, -0.15) is 0 Å². The number of nitrogens with one attached hydrogen (secondary N) is 1. The lowest BCUT2D eigenvalue weighted by Crippen LogP contribution is -2.61. The van der Waals surface area contributed by atoms with E-state index >= 15 is 0 Å². The molecule has 3 unspecified atom stereocenters. The predicted molar refractivity (Wildman–Crippen MR) is 150 cm³/mol. The van der Waals surface area contributed by atoms with E-state index in [0.29, 0.717) is 33.9 Å². The van der Waals surface area contributed by atoms with E-state index < -0.39 is 10.3 Å². The van der Waals surface area contributed by atoms with Crippen LogP contribution in [-0.2, 0) is 21.7 Å². The second-order valence-electron chi connectivity index (χ2n) is 9.54. The van der Waals surface area contributed by atoms with Crippen LogP contribution in [0.3, 0.4) is 0 Å². The van der Waals surface area contributed by atoms with Gasteiger partial charge in [-0.3, -0.25) is 19.4 Å². The monoisotopic (exact) mass is 549 g/mol. The summed E-state index contributed by atoms with van der Waals surface area (Å²) in [5, 5.41) is 3.67. The van der Waals surface area contributed by atoms with Crippen molar-refractivity contribution in [2.75, 3.05) is 26.0 Å². The van der Waals surface area contributed by atoms with Gasteiger partial charge in [-0.1, -0.05) is 78.0 Å². The number of ether oxygens (including phenoxy) is 1. The molecule has 2 saturated heterocycles. The predicted octanol–water partition coefficient (Wildman–Crippen LogP) is 5.02. The summed E-state index contributed by atoms with van der Waals surface area (Å²) in [6, 6.07) is 22.8. The lowest BCUT2D eigenvalue weighted by atomic mass is 9.72. The number of hydrogen-bond donors (Lipinski definition) is 1. The van der Waals surface area contributed by atoms with E-state index in [1.807, 2.05) is 84.7 Å². The number of anilines is 1. The molecule has 0 aliphatic carbocycles. The summed E-state index contributed by atoms with van der Waals surface area (Å²) in [5.74, 6) is -0.109. The molecule has 3 aromatic rings. The van der Waals surface area contributed by atoms with Crippen molar-refractivity contribution < 1.29 is 14.3 Å². The van der Waals surface area contributed by atoms with Gasteiger partial charge in [0.1, 0.15) is 14.8 Å². The van der Waals surface area contributed by atoms with Crippen LogP contribution in [0.4, 0.5) is 5.69 Å². The van der Waals surface area contributed by atoms with Crippen LogP contribution in [-0.4, -0.2) is 51.4 Å². The fourth-order valence-electron chi connectivity index (χ4n) is 6.12. The number of benzene rings is 3. The molecule has 3 heterocycles. The molecule has 2 spiro atoms. The van der Waals surface area contributed by atoms with E-state index in [2.05, 4.69) is 5.32 Å². The van der Waals surface area contributed by atoms with E-state index in [1.54, 1.807) is 12.0 Å². The highest BCUT2D eigenvalue weighted by molar-refractivity contribution is 8.25. The highest BCUT2D eigenvalue weighted by Gasteiger charge is 2.77. The molecular weight excluding hydrogens is 526 g/mol. The largest absolute Gasteiger partial charge is 0.497 e. The minimum absolute atomic E-state index is 0.165. The van der Waals surface area contributed by atoms with Gasteiger partial charge in [-0.25, -0.2) is 0 Å². The summed E-state index contributed by atoms with van der Waals surface area (Å²) >= 11 is 13.4. The molecule has 37 heavy (non-hydrogen) atoms. The maximum absolute atomic E-state index is 14.8. The number of carbonyl (C=O) groups excluding carboxylic acids is 2. The quantitative estimate of drug-likeness (QED) is 0.461. The SMILES string of the molecule is COc1ccc2c(c1)C1(C(=O)N2)N(C)CC(c2ccc(Cl)cc2)C12SC(=S)N(Cc1ccccc1)C2=O. The standard InChI is InChI=1S/C28H24ClN3O3S2/c1-31-16-22(18-8-10-19(29)11-9-18)28(25(34)32(26(36)37-28)15-17-6-4-3-5-7-17)27(31)21-14-20(35-2)12-13-23(21)30-24(27)33/h3-14,22H,15-16H2,1-2H3,(H,30,33). The number of methoxy groups -OCH3 is 1. The van der Waals surface area contributed by atoms with Gasteiger partial charge >= 0.3 is 0 Å². The summed E-state index contributed by atoms with van der Waals surface area (Å²) in [4.78, 5) is 32.6. The molecule has 3 atom stereocenters. The number of thioether (sulfide) groups is 1. The summed E-state index contributed by atoms with van der Waals surface area (Å²) in [5.41, 5.74) is 2.01. The molecule has 0 saturated carbocycles. The molecule has 3 aliphatic rings. The molecule has 2 amide bonds. The minimum Gasteiger partial charge on any atom is -0.497 e. The Morgan fingerprint density at radius 2 is 1.84 bits per heavy atom. The second kappa shape index (κ2) is 8.84. The number of halogens is 1. The molecule has 188 valence electrons. The van der Waals surface area contributed by atoms with E-state index in [-0.39, 0.29) is 17.7 Å². The molecule has 3 aliphatic heterocycles. The lowest BCUT2D eigenvalue weighted by molar-refractivity contribution is -0.138. The van der Waals surface area contributed by atoms with E-state index in [4.69, 9.17) is 28.6 Å². The van der Waals surface area contributed by atoms with Gasteiger partial charge < -0.3 is 10.1 Å². The number of likely N-dealkylation sites (N-methyl/N-ethyl adjacent to an activating group) is 1. The van der Waals surface area contributed by atoms with Crippen molar-refractivity contribution in [1.29, 1.82) is 0 Å². The molecule has 0 bridgehead atoms. The Balaban J connectivity index is 1.58. The molecular formula is C28H24ClN3O3S2. The average molecular weight is 550 g/mol. The zero-order valence-electron chi connectivity index (χ0n) is 20.2. The maximum atomic E-state index is 14.8. The first kappa shape index (κ1) is 24.4. The Morgan fingerprint density at radius 1 is 1.11 bits per heavy atom. The third-order valence-corrected chi connectivity index (χ3v) is 9.93. The number of amides is 2. The van der Waals surface area contributed by atoms with E-state index in [1.165, 1.54) is 11.8 Å². The van der Waals surface area contributed by atoms with Crippen molar-refractivity contribution in [2.45, 2.75) is 22.7 Å². The van der Waals surface area contributed by atoms with Gasteiger partial charge in [-0.15, -0.1) is 0 Å². The van der Waals surface area contributed by atoms with Crippen molar-refractivity contribution in [3.05, 3.63) is 94.5 Å². The van der Waals surface area contributed by atoms with Crippen LogP contribution in [0.15, 0.2) is 72.8 Å². The van der Waals surface area contributed by atoms with Crippen molar-refractivity contribution in [3.63, 3.8) is 0 Å². The third kappa shape index (κ3) is 3.32. The molecule has 1 N–H and O–H groups in total. The number of rotatable bonds is 4. The molecule has 0 radical (unpaired) electrons. The van der Waals surface area contributed by atoms with Crippen molar-refractivity contribution in [3.8, 4) is 5.75 Å². The van der Waals surface area contributed by atoms with Gasteiger partial charge in [0, 0.05) is 28.7 Å². The zero-order chi connectivity index (χ0) is 25.9. The highest BCUT2D eigenvalue weighted by atomic mass is 35.5. The fourth-order valence-corrected chi connectivity index (χ4v) is 8.38. The Bertz CT molecular complexity index is 1430. The Labute approximate surface area is 229 Å². The van der Waals surface area contributed by atoms with Crippen molar-refractivity contribution in [1.82, 2.24) is 9.80 Å². The highest BCUT2D eigenvalue weighted by Crippen LogP contribution is 2.66. The second-order valence-corrected chi connectivity index (χ2v) is 11.9. The molecule has 3 aromatic carbocycles. The summed E-state index contributed by atoms with van der Waals surface area (Å²) in [6.07, 6.45) is 0. The van der Waals surface area contributed by atoms with Crippen LogP contribution in [0.2, 0.25) is 5.02 Å². The van der Waals surface area contributed by atoms with Gasteiger partial charge in [-0.05, 0) is 48.5 Å². The normalized spacial score (nSPS) is 26.8. The number of hydrogen-bond acceptors (Lipinski definition) is 6. The first-order chi connectivity index (χ1) is 17.8. The van der Waals surface area contributed by atoms with Crippen molar-refractivity contribution >= 4 is 57.4 Å². The molecule has 9 heteroatoms. The topological polar surface area (TPSA) is 61.9 Å². The lowest BCUT2D eigenvalue weighted by Gasteiger charge is -2.41. The molecule has 6 nitrogen and oxygen atoms in total. The van der Waals surface area contributed by atoms with Crippen LogP contribution in [0.5, 0.6) is 5.75 Å². The maximum Gasteiger partial charge on any atom is 0.251 e.